The summed E-state index contributed by atoms with van der Waals surface area (Å²) in [6.45, 7) is -0.973. The SMILES string of the molecule is N[C@H]1CCCCC1c1nc2cc(C(F)(F)F)cc(CF)c2[nH]1. The smallest absolute Gasteiger partial charge is 0.341 e. The number of nitrogens with two attached hydrogens (primary N) is 1. The Morgan fingerprint density at radius 1 is 1.23 bits per heavy atom. The largest absolute Gasteiger partial charge is 0.416 e. The number of aromatic nitrogens is 2. The highest BCUT2D eigenvalue weighted by atomic mass is 19.4. The molecule has 0 spiro atoms. The first-order valence-electron chi connectivity index (χ1n) is 7.31. The molecule has 3 N–H and O–H groups in total. The first-order chi connectivity index (χ1) is 10.4. The quantitative estimate of drug-likeness (QED) is 0.822. The van der Waals surface area contributed by atoms with Crippen molar-refractivity contribution in [1.29, 1.82) is 0 Å². The number of fused-ring (bicyclic) bond motifs is 1. The van der Waals surface area contributed by atoms with E-state index < -0.39 is 18.4 Å². The number of halogens is 4. The van der Waals surface area contributed by atoms with Gasteiger partial charge in [-0.1, -0.05) is 12.8 Å². The Morgan fingerprint density at radius 2 is 1.95 bits per heavy atom. The lowest BCUT2D eigenvalue weighted by Crippen LogP contribution is -2.31. The van der Waals surface area contributed by atoms with Crippen molar-refractivity contribution in [3.05, 3.63) is 29.1 Å². The van der Waals surface area contributed by atoms with Crippen molar-refractivity contribution in [3.63, 3.8) is 0 Å². The third-order valence-corrected chi connectivity index (χ3v) is 4.34. The van der Waals surface area contributed by atoms with Crippen LogP contribution in [0.5, 0.6) is 0 Å². The van der Waals surface area contributed by atoms with E-state index in [0.29, 0.717) is 11.3 Å². The summed E-state index contributed by atoms with van der Waals surface area (Å²) < 4.78 is 51.7. The summed E-state index contributed by atoms with van der Waals surface area (Å²) in [4.78, 5) is 7.26. The monoisotopic (exact) mass is 315 g/mol. The van der Waals surface area contributed by atoms with Crippen LogP contribution >= 0.6 is 0 Å². The zero-order chi connectivity index (χ0) is 15.9. The summed E-state index contributed by atoms with van der Waals surface area (Å²) in [7, 11) is 0. The Bertz CT molecular complexity index is 677. The minimum absolute atomic E-state index is 0.0112. The molecule has 1 aromatic carbocycles. The van der Waals surface area contributed by atoms with Gasteiger partial charge in [-0.05, 0) is 25.0 Å². The van der Waals surface area contributed by atoms with Gasteiger partial charge in [-0.15, -0.1) is 0 Å². The van der Waals surface area contributed by atoms with Crippen molar-refractivity contribution >= 4 is 11.0 Å². The number of hydrogen-bond acceptors (Lipinski definition) is 2. The average molecular weight is 315 g/mol. The lowest BCUT2D eigenvalue weighted by molar-refractivity contribution is -0.137. The molecule has 0 radical (unpaired) electrons. The van der Waals surface area contributed by atoms with Gasteiger partial charge in [0.05, 0.1) is 16.6 Å². The number of nitrogens with one attached hydrogen (secondary N) is 1. The van der Waals surface area contributed by atoms with E-state index in [2.05, 4.69) is 9.97 Å². The first kappa shape index (κ1) is 15.3. The van der Waals surface area contributed by atoms with Crippen LogP contribution in [0.1, 0.15) is 48.6 Å². The molecule has 1 saturated carbocycles. The lowest BCUT2D eigenvalue weighted by atomic mass is 9.84. The van der Waals surface area contributed by atoms with Crippen LogP contribution < -0.4 is 5.73 Å². The molecular formula is C15H17F4N3. The molecule has 0 aliphatic heterocycles. The Balaban J connectivity index is 2.08. The second-order valence-corrected chi connectivity index (χ2v) is 5.84. The summed E-state index contributed by atoms with van der Waals surface area (Å²) in [5.41, 5.74) is 5.68. The van der Waals surface area contributed by atoms with Crippen LogP contribution in [-0.2, 0) is 12.9 Å². The molecule has 2 aromatic rings. The minimum Gasteiger partial charge on any atom is -0.341 e. The zero-order valence-corrected chi connectivity index (χ0v) is 11.9. The second kappa shape index (κ2) is 5.53. The standard InChI is InChI=1S/C15H17F4N3/c16-7-8-5-9(15(17,18)19)6-12-13(8)22-14(21-12)10-3-1-2-4-11(10)20/h5-6,10-11H,1-4,7,20H2,(H,21,22)/t10?,11-/m0/s1. The highest BCUT2D eigenvalue weighted by Crippen LogP contribution is 2.35. The molecular weight excluding hydrogens is 298 g/mol. The molecule has 22 heavy (non-hydrogen) atoms. The topological polar surface area (TPSA) is 54.7 Å². The van der Waals surface area contributed by atoms with Gasteiger partial charge in [-0.2, -0.15) is 13.2 Å². The zero-order valence-electron chi connectivity index (χ0n) is 11.9. The van der Waals surface area contributed by atoms with Crippen molar-refractivity contribution in [2.45, 2.75) is 50.5 Å². The van der Waals surface area contributed by atoms with Crippen molar-refractivity contribution in [3.8, 4) is 0 Å². The number of rotatable bonds is 2. The van der Waals surface area contributed by atoms with Crippen molar-refractivity contribution < 1.29 is 17.6 Å². The molecule has 0 saturated heterocycles. The van der Waals surface area contributed by atoms with Crippen molar-refractivity contribution in [2.24, 2.45) is 5.73 Å². The Hall–Kier alpha value is -1.63. The maximum Gasteiger partial charge on any atom is 0.416 e. The minimum atomic E-state index is -4.52. The van der Waals surface area contributed by atoms with Gasteiger partial charge in [0.15, 0.2) is 0 Å². The fourth-order valence-corrected chi connectivity index (χ4v) is 3.15. The normalized spacial score (nSPS) is 23.1. The Morgan fingerprint density at radius 3 is 2.59 bits per heavy atom. The average Bonchev–Trinajstić information content (AvgIpc) is 2.89. The van der Waals surface area contributed by atoms with E-state index in [-0.39, 0.29) is 23.0 Å². The Labute approximate surface area is 124 Å². The van der Waals surface area contributed by atoms with E-state index >= 15 is 0 Å². The van der Waals surface area contributed by atoms with Crippen LogP contribution in [0.3, 0.4) is 0 Å². The molecule has 1 heterocycles. The van der Waals surface area contributed by atoms with Gasteiger partial charge >= 0.3 is 6.18 Å². The molecule has 2 atom stereocenters. The predicted octanol–water partition coefficient (Wildman–Crippen LogP) is 4.04. The van der Waals surface area contributed by atoms with Crippen molar-refractivity contribution in [2.75, 3.05) is 0 Å². The number of H-pyrrole nitrogens is 1. The molecule has 7 heteroatoms. The molecule has 0 amide bonds. The van der Waals surface area contributed by atoms with Crippen LogP contribution in [0.25, 0.3) is 11.0 Å². The summed E-state index contributed by atoms with van der Waals surface area (Å²) >= 11 is 0. The van der Waals surface area contributed by atoms with Gasteiger partial charge < -0.3 is 10.7 Å². The summed E-state index contributed by atoms with van der Waals surface area (Å²) in [6.07, 6.45) is -0.743. The first-order valence-corrected chi connectivity index (χ1v) is 7.31. The van der Waals surface area contributed by atoms with Gasteiger partial charge in [0.25, 0.3) is 0 Å². The van der Waals surface area contributed by atoms with E-state index in [1.165, 1.54) is 0 Å². The fourth-order valence-electron chi connectivity index (χ4n) is 3.15. The molecule has 1 fully saturated rings. The molecule has 120 valence electrons. The summed E-state index contributed by atoms with van der Waals surface area (Å²) in [6, 6.07) is 1.73. The van der Waals surface area contributed by atoms with Crippen LogP contribution in [0.15, 0.2) is 12.1 Å². The van der Waals surface area contributed by atoms with Crippen molar-refractivity contribution in [1.82, 2.24) is 9.97 Å². The van der Waals surface area contributed by atoms with Gasteiger partial charge in [0.2, 0.25) is 0 Å². The van der Waals surface area contributed by atoms with Crippen LogP contribution in [0.2, 0.25) is 0 Å². The molecule has 0 bridgehead atoms. The van der Waals surface area contributed by atoms with Gasteiger partial charge in [-0.3, -0.25) is 0 Å². The number of aromatic amines is 1. The highest BCUT2D eigenvalue weighted by Gasteiger charge is 2.32. The highest BCUT2D eigenvalue weighted by molar-refractivity contribution is 5.80. The fraction of sp³-hybridized carbons (Fsp3) is 0.533. The van der Waals surface area contributed by atoms with Crippen LogP contribution in [-0.4, -0.2) is 16.0 Å². The number of hydrogen-bond donors (Lipinski definition) is 2. The maximum absolute atomic E-state index is 13.1. The van der Waals surface area contributed by atoms with E-state index in [4.69, 9.17) is 5.73 Å². The number of alkyl halides is 4. The third-order valence-electron chi connectivity index (χ3n) is 4.34. The predicted molar refractivity (Wildman–Crippen MR) is 75.1 cm³/mol. The number of imidazole rings is 1. The molecule has 3 rings (SSSR count). The van der Waals surface area contributed by atoms with Gasteiger partial charge in [0.1, 0.15) is 12.5 Å². The second-order valence-electron chi connectivity index (χ2n) is 5.84. The third kappa shape index (κ3) is 2.69. The van der Waals surface area contributed by atoms with E-state index in [1.807, 2.05) is 0 Å². The lowest BCUT2D eigenvalue weighted by Gasteiger charge is -2.26. The van der Waals surface area contributed by atoms with Crippen LogP contribution in [0.4, 0.5) is 17.6 Å². The molecule has 1 aromatic heterocycles. The van der Waals surface area contributed by atoms with Crippen LogP contribution in [0, 0.1) is 0 Å². The van der Waals surface area contributed by atoms with Gasteiger partial charge in [-0.25, -0.2) is 9.37 Å². The molecule has 1 aliphatic rings. The number of nitrogens with zero attached hydrogens (tertiary/aromatic N) is 1. The summed E-state index contributed by atoms with van der Waals surface area (Å²) in [5.74, 6) is 0.555. The maximum atomic E-state index is 13.1. The Kier molecular flexibility index (Phi) is 3.84. The molecule has 1 aliphatic carbocycles. The summed E-state index contributed by atoms with van der Waals surface area (Å²) in [5, 5.41) is 0. The molecule has 3 nitrogen and oxygen atoms in total. The van der Waals surface area contributed by atoms with Gasteiger partial charge in [0, 0.05) is 17.5 Å². The van der Waals surface area contributed by atoms with E-state index in [0.717, 1.165) is 37.8 Å². The number of benzene rings is 1. The van der Waals surface area contributed by atoms with E-state index in [1.54, 1.807) is 0 Å². The molecule has 1 unspecified atom stereocenters. The van der Waals surface area contributed by atoms with E-state index in [9.17, 15) is 17.6 Å².